The van der Waals surface area contributed by atoms with Crippen LogP contribution in [0.1, 0.15) is 57.6 Å². The van der Waals surface area contributed by atoms with Crippen molar-refractivity contribution < 1.29 is 19.1 Å². The standard InChI is InChI=1S/C31H36N4O4/c1-30(2,3)39-29(38)35-19-21-6-5-13-31(35,17-21)28(37)33-25(18-32)14-20-7-9-22(10-8-20)23-11-12-24-16-27(36)34(4)26(24)15-23/h7-12,15,21,25H,5-6,13-14,16-17,19H2,1-4H3,(H,33,37)/t21-,25+,31+/m1/s1. The van der Waals surface area contributed by atoms with Gasteiger partial charge in [0.1, 0.15) is 17.2 Å². The highest BCUT2D eigenvalue weighted by Crippen LogP contribution is 2.45. The number of fused-ring (bicyclic) bond motifs is 3. The van der Waals surface area contributed by atoms with E-state index in [4.69, 9.17) is 4.74 Å². The first-order chi connectivity index (χ1) is 18.5. The monoisotopic (exact) mass is 528 g/mol. The molecule has 0 unspecified atom stereocenters. The lowest BCUT2D eigenvalue weighted by molar-refractivity contribution is -0.133. The molecule has 0 spiro atoms. The van der Waals surface area contributed by atoms with Gasteiger partial charge in [0.2, 0.25) is 11.8 Å². The van der Waals surface area contributed by atoms with Gasteiger partial charge in [-0.15, -0.1) is 0 Å². The number of nitrogens with zero attached hydrogens (tertiary/aromatic N) is 3. The second-order valence-corrected chi connectivity index (χ2v) is 12.1. The van der Waals surface area contributed by atoms with Gasteiger partial charge in [0.15, 0.2) is 0 Å². The number of likely N-dealkylation sites (tertiary alicyclic amines) is 1. The fourth-order valence-corrected chi connectivity index (χ4v) is 6.21. The Bertz CT molecular complexity index is 1340. The Labute approximate surface area is 229 Å². The predicted octanol–water partition coefficient (Wildman–Crippen LogP) is 4.60. The molecule has 2 aromatic rings. The number of carbonyl (C=O) groups excluding carboxylic acids is 3. The van der Waals surface area contributed by atoms with Gasteiger partial charge in [-0.05, 0) is 74.3 Å². The summed E-state index contributed by atoms with van der Waals surface area (Å²) in [5.74, 6) is 0.0926. The summed E-state index contributed by atoms with van der Waals surface area (Å²) in [4.78, 5) is 42.0. The van der Waals surface area contributed by atoms with Gasteiger partial charge in [-0.1, -0.05) is 42.8 Å². The van der Waals surface area contributed by atoms with Gasteiger partial charge in [-0.25, -0.2) is 4.79 Å². The van der Waals surface area contributed by atoms with E-state index in [0.29, 0.717) is 32.2 Å². The summed E-state index contributed by atoms with van der Waals surface area (Å²) >= 11 is 0. The van der Waals surface area contributed by atoms with Crippen molar-refractivity contribution in [1.82, 2.24) is 10.2 Å². The average molecular weight is 529 g/mol. The normalized spacial score (nSPS) is 22.7. The quantitative estimate of drug-likeness (QED) is 0.611. The van der Waals surface area contributed by atoms with Gasteiger partial charge in [0.05, 0.1) is 12.5 Å². The second kappa shape index (κ2) is 10.0. The molecule has 0 radical (unpaired) electrons. The molecule has 39 heavy (non-hydrogen) atoms. The topological polar surface area (TPSA) is 103 Å². The first-order valence-electron chi connectivity index (χ1n) is 13.7. The molecule has 2 aromatic carbocycles. The van der Waals surface area contributed by atoms with Crippen LogP contribution in [0.5, 0.6) is 0 Å². The van der Waals surface area contributed by atoms with Gasteiger partial charge in [-0.2, -0.15) is 5.26 Å². The maximum atomic E-state index is 13.7. The fraction of sp³-hybridized carbons (Fsp3) is 0.484. The first-order valence-corrected chi connectivity index (χ1v) is 13.7. The van der Waals surface area contributed by atoms with Crippen molar-refractivity contribution in [2.45, 2.75) is 76.5 Å². The van der Waals surface area contributed by atoms with Crippen LogP contribution in [0.2, 0.25) is 0 Å². The smallest absolute Gasteiger partial charge is 0.411 e. The van der Waals surface area contributed by atoms with E-state index >= 15 is 0 Å². The largest absolute Gasteiger partial charge is 0.444 e. The highest BCUT2D eigenvalue weighted by molar-refractivity contribution is 6.01. The van der Waals surface area contributed by atoms with E-state index in [1.165, 1.54) is 0 Å². The third-order valence-electron chi connectivity index (χ3n) is 8.17. The summed E-state index contributed by atoms with van der Waals surface area (Å²) in [6.45, 7) is 5.97. The number of hydrogen-bond acceptors (Lipinski definition) is 5. The summed E-state index contributed by atoms with van der Waals surface area (Å²) in [7, 11) is 1.79. The number of amides is 3. The van der Waals surface area contributed by atoms with Crippen LogP contribution in [0.15, 0.2) is 42.5 Å². The molecule has 1 saturated heterocycles. The van der Waals surface area contributed by atoms with E-state index in [1.54, 1.807) is 16.8 Å². The third kappa shape index (κ3) is 5.23. The van der Waals surface area contributed by atoms with Gasteiger partial charge in [0.25, 0.3) is 0 Å². The molecule has 1 N–H and O–H groups in total. The fourth-order valence-electron chi connectivity index (χ4n) is 6.21. The summed E-state index contributed by atoms with van der Waals surface area (Å²) < 4.78 is 5.64. The number of likely N-dealkylation sites (N-methyl/N-ethyl adjacent to an activating group) is 1. The highest BCUT2D eigenvalue weighted by atomic mass is 16.6. The molecule has 2 fully saturated rings. The highest BCUT2D eigenvalue weighted by Gasteiger charge is 2.56. The number of carbonyl (C=O) groups is 3. The van der Waals surface area contributed by atoms with E-state index in [2.05, 4.69) is 11.4 Å². The Kier molecular flexibility index (Phi) is 6.88. The van der Waals surface area contributed by atoms with E-state index in [9.17, 15) is 19.6 Å². The SMILES string of the molecule is CN1C(=O)Cc2ccc(-c3ccc(C[C@@H](C#N)NC(=O)[C@@]45CCC[C@@H](CN4C(=O)OC(C)(C)C)C5)cc3)cc21. The minimum absolute atomic E-state index is 0.0946. The first kappa shape index (κ1) is 26.7. The van der Waals surface area contributed by atoms with E-state index < -0.39 is 23.3 Å². The van der Waals surface area contributed by atoms with Crippen molar-refractivity contribution >= 4 is 23.6 Å². The zero-order chi connectivity index (χ0) is 27.9. The zero-order valence-electron chi connectivity index (χ0n) is 23.1. The molecule has 8 heteroatoms. The number of ether oxygens (including phenoxy) is 1. The van der Waals surface area contributed by atoms with Gasteiger partial charge in [-0.3, -0.25) is 14.5 Å². The summed E-state index contributed by atoms with van der Waals surface area (Å²) in [6.07, 6.45) is 3.35. The van der Waals surface area contributed by atoms with Gasteiger partial charge in [0, 0.05) is 25.7 Å². The Morgan fingerprint density at radius 1 is 1.18 bits per heavy atom. The van der Waals surface area contributed by atoms with Crippen molar-refractivity contribution in [3.8, 4) is 17.2 Å². The molecule has 0 aromatic heterocycles. The van der Waals surface area contributed by atoms with Crippen molar-refractivity contribution in [2.75, 3.05) is 18.5 Å². The summed E-state index contributed by atoms with van der Waals surface area (Å²) in [6, 6.07) is 15.5. The number of nitrogens with one attached hydrogen (secondary N) is 1. The van der Waals surface area contributed by atoms with Crippen molar-refractivity contribution in [1.29, 1.82) is 5.26 Å². The molecular weight excluding hydrogens is 492 g/mol. The lowest BCUT2D eigenvalue weighted by atomic mass is 9.79. The van der Waals surface area contributed by atoms with Crippen LogP contribution in [0, 0.1) is 17.2 Å². The maximum absolute atomic E-state index is 13.7. The molecule has 1 aliphatic carbocycles. The van der Waals surface area contributed by atoms with Crippen LogP contribution in [0.3, 0.4) is 0 Å². The molecule has 3 amide bonds. The predicted molar refractivity (Wildman–Crippen MR) is 148 cm³/mol. The zero-order valence-corrected chi connectivity index (χ0v) is 23.1. The molecule has 204 valence electrons. The van der Waals surface area contributed by atoms with E-state index in [0.717, 1.165) is 40.8 Å². The number of benzene rings is 2. The molecule has 2 bridgehead atoms. The molecular formula is C31H36N4O4. The molecule has 3 aliphatic rings. The van der Waals surface area contributed by atoms with Crippen LogP contribution in [0.4, 0.5) is 10.5 Å². The molecule has 2 aliphatic heterocycles. The van der Waals surface area contributed by atoms with E-state index in [-0.39, 0.29) is 17.7 Å². The van der Waals surface area contributed by atoms with Crippen LogP contribution in [-0.2, 0) is 27.2 Å². The minimum atomic E-state index is -0.966. The van der Waals surface area contributed by atoms with Crippen LogP contribution in [0.25, 0.3) is 11.1 Å². The summed E-state index contributed by atoms with van der Waals surface area (Å²) in [5.41, 5.74) is 3.30. The van der Waals surface area contributed by atoms with Gasteiger partial charge >= 0.3 is 6.09 Å². The van der Waals surface area contributed by atoms with Crippen molar-refractivity contribution in [2.24, 2.45) is 5.92 Å². The number of rotatable bonds is 5. The van der Waals surface area contributed by atoms with Crippen molar-refractivity contribution in [3.05, 3.63) is 53.6 Å². The molecule has 1 saturated carbocycles. The van der Waals surface area contributed by atoms with E-state index in [1.807, 2.05) is 63.2 Å². The Hall–Kier alpha value is -3.86. The molecule has 8 nitrogen and oxygen atoms in total. The van der Waals surface area contributed by atoms with Crippen molar-refractivity contribution in [3.63, 3.8) is 0 Å². The molecule has 2 heterocycles. The third-order valence-corrected chi connectivity index (χ3v) is 8.17. The average Bonchev–Trinajstić information content (AvgIpc) is 3.34. The molecule has 5 rings (SSSR count). The number of anilines is 1. The summed E-state index contributed by atoms with van der Waals surface area (Å²) in [5, 5.41) is 12.8. The number of nitriles is 1. The van der Waals surface area contributed by atoms with Crippen LogP contribution in [-0.4, -0.2) is 53.6 Å². The lowest BCUT2D eigenvalue weighted by Crippen LogP contribution is -2.59. The Morgan fingerprint density at radius 2 is 1.90 bits per heavy atom. The number of hydrogen-bond donors (Lipinski definition) is 1. The Balaban J connectivity index is 1.28. The Morgan fingerprint density at radius 3 is 2.59 bits per heavy atom. The maximum Gasteiger partial charge on any atom is 0.411 e. The second-order valence-electron chi connectivity index (χ2n) is 12.1. The van der Waals surface area contributed by atoms with Gasteiger partial charge < -0.3 is 15.0 Å². The molecule has 3 atom stereocenters. The van der Waals surface area contributed by atoms with Crippen LogP contribution < -0.4 is 10.2 Å². The lowest BCUT2D eigenvalue weighted by Gasteiger charge is -2.39. The van der Waals surface area contributed by atoms with Crippen LogP contribution >= 0.6 is 0 Å². The minimum Gasteiger partial charge on any atom is -0.444 e.